The molecule has 1 aromatic carbocycles. The van der Waals surface area contributed by atoms with Gasteiger partial charge in [-0.1, -0.05) is 19.1 Å². The summed E-state index contributed by atoms with van der Waals surface area (Å²) in [5.41, 5.74) is 6.11. The van der Waals surface area contributed by atoms with E-state index < -0.39 is 0 Å². The molecule has 2 N–H and O–H groups in total. The van der Waals surface area contributed by atoms with Gasteiger partial charge in [0.1, 0.15) is 23.5 Å². The third kappa shape index (κ3) is 2.55. The van der Waals surface area contributed by atoms with Crippen LogP contribution in [0.4, 0.5) is 5.82 Å². The van der Waals surface area contributed by atoms with Gasteiger partial charge in [-0.05, 0) is 12.1 Å². The summed E-state index contributed by atoms with van der Waals surface area (Å²) in [7, 11) is 0. The number of aromatic nitrogens is 2. The fourth-order valence-electron chi connectivity index (χ4n) is 1.46. The molecule has 1 heterocycles. The predicted octanol–water partition coefficient (Wildman–Crippen LogP) is 2.29. The Balaban J connectivity index is 2.34. The highest BCUT2D eigenvalue weighted by atomic mass is 16.5. The van der Waals surface area contributed by atoms with E-state index in [4.69, 9.17) is 15.7 Å². The molecule has 0 aliphatic heterocycles. The van der Waals surface area contributed by atoms with Gasteiger partial charge in [-0.25, -0.2) is 4.98 Å². The van der Waals surface area contributed by atoms with Gasteiger partial charge in [-0.3, -0.25) is 0 Å². The van der Waals surface area contributed by atoms with Gasteiger partial charge in [0.15, 0.2) is 0 Å². The lowest BCUT2D eigenvalue weighted by Gasteiger charge is -2.07. The van der Waals surface area contributed by atoms with Gasteiger partial charge in [0.25, 0.3) is 0 Å². The Labute approximate surface area is 105 Å². The highest BCUT2D eigenvalue weighted by Crippen LogP contribution is 2.24. The van der Waals surface area contributed by atoms with E-state index in [0.29, 0.717) is 35.3 Å². The standard InChI is InChI=1S/C13H12N4O/c1-2-12-16-11(15)7-13(17-12)18-10-6-4-3-5-9(10)8-14/h3-7H,2H2,1H3,(H2,15,16,17). The molecule has 0 fully saturated rings. The smallest absolute Gasteiger partial charge is 0.224 e. The average Bonchev–Trinajstić information content (AvgIpc) is 2.38. The lowest BCUT2D eigenvalue weighted by atomic mass is 10.2. The second kappa shape index (κ2) is 5.15. The second-order valence-electron chi connectivity index (χ2n) is 3.61. The number of benzene rings is 1. The van der Waals surface area contributed by atoms with E-state index in [2.05, 4.69) is 16.0 Å². The monoisotopic (exact) mass is 240 g/mol. The Morgan fingerprint density at radius 2 is 2.11 bits per heavy atom. The number of aryl methyl sites for hydroxylation is 1. The molecule has 0 bridgehead atoms. The minimum Gasteiger partial charge on any atom is -0.437 e. The maximum Gasteiger partial charge on any atom is 0.224 e. The second-order valence-corrected chi connectivity index (χ2v) is 3.61. The number of anilines is 1. The molecular weight excluding hydrogens is 228 g/mol. The zero-order chi connectivity index (χ0) is 13.0. The van der Waals surface area contributed by atoms with E-state index in [1.165, 1.54) is 6.07 Å². The van der Waals surface area contributed by atoms with Gasteiger partial charge >= 0.3 is 0 Å². The average molecular weight is 240 g/mol. The van der Waals surface area contributed by atoms with Crippen LogP contribution in [-0.4, -0.2) is 9.97 Å². The fourth-order valence-corrected chi connectivity index (χ4v) is 1.46. The molecule has 18 heavy (non-hydrogen) atoms. The van der Waals surface area contributed by atoms with Crippen LogP contribution in [-0.2, 0) is 6.42 Å². The Hall–Kier alpha value is -2.61. The zero-order valence-corrected chi connectivity index (χ0v) is 9.92. The number of para-hydroxylation sites is 1. The van der Waals surface area contributed by atoms with Crippen molar-refractivity contribution in [2.75, 3.05) is 5.73 Å². The van der Waals surface area contributed by atoms with Crippen LogP contribution in [0.15, 0.2) is 30.3 Å². The summed E-state index contributed by atoms with van der Waals surface area (Å²) in [5, 5.41) is 8.96. The van der Waals surface area contributed by atoms with Crippen molar-refractivity contribution >= 4 is 5.82 Å². The first kappa shape index (κ1) is 11.9. The molecule has 1 aromatic heterocycles. The van der Waals surface area contributed by atoms with E-state index in [1.807, 2.05) is 6.92 Å². The van der Waals surface area contributed by atoms with E-state index in [0.717, 1.165) is 0 Å². The summed E-state index contributed by atoms with van der Waals surface area (Å²) in [5.74, 6) is 1.77. The first-order valence-electron chi connectivity index (χ1n) is 5.53. The molecule has 0 aliphatic carbocycles. The van der Waals surface area contributed by atoms with Crippen LogP contribution >= 0.6 is 0 Å². The van der Waals surface area contributed by atoms with Crippen molar-refractivity contribution in [2.24, 2.45) is 0 Å². The number of nitriles is 1. The number of nitrogen functional groups attached to an aromatic ring is 1. The van der Waals surface area contributed by atoms with Gasteiger partial charge in [-0.2, -0.15) is 10.2 Å². The molecule has 0 radical (unpaired) electrons. The summed E-state index contributed by atoms with van der Waals surface area (Å²) >= 11 is 0. The minimum absolute atomic E-state index is 0.349. The van der Waals surface area contributed by atoms with Crippen molar-refractivity contribution in [1.82, 2.24) is 9.97 Å². The Morgan fingerprint density at radius 1 is 1.33 bits per heavy atom. The largest absolute Gasteiger partial charge is 0.437 e. The van der Waals surface area contributed by atoms with Crippen LogP contribution < -0.4 is 10.5 Å². The molecule has 90 valence electrons. The molecule has 0 saturated heterocycles. The maximum atomic E-state index is 8.96. The maximum absolute atomic E-state index is 8.96. The van der Waals surface area contributed by atoms with Gasteiger partial charge in [-0.15, -0.1) is 0 Å². The van der Waals surface area contributed by atoms with Gasteiger partial charge in [0.2, 0.25) is 5.88 Å². The molecular formula is C13H12N4O. The highest BCUT2D eigenvalue weighted by molar-refractivity contribution is 5.45. The third-order valence-electron chi connectivity index (χ3n) is 2.31. The van der Waals surface area contributed by atoms with E-state index in [9.17, 15) is 0 Å². The number of nitrogens with two attached hydrogens (primary N) is 1. The quantitative estimate of drug-likeness (QED) is 0.889. The third-order valence-corrected chi connectivity index (χ3v) is 2.31. The Morgan fingerprint density at radius 3 is 2.83 bits per heavy atom. The van der Waals surface area contributed by atoms with Crippen LogP contribution in [0.3, 0.4) is 0 Å². The molecule has 0 spiro atoms. The van der Waals surface area contributed by atoms with Crippen molar-refractivity contribution in [2.45, 2.75) is 13.3 Å². The van der Waals surface area contributed by atoms with Crippen molar-refractivity contribution < 1.29 is 4.74 Å². The Bertz CT molecular complexity index is 604. The first-order chi connectivity index (χ1) is 8.72. The van der Waals surface area contributed by atoms with Crippen LogP contribution in [0.2, 0.25) is 0 Å². The molecule has 2 aromatic rings. The summed E-state index contributed by atoms with van der Waals surface area (Å²) in [6.45, 7) is 1.93. The topological polar surface area (TPSA) is 84.8 Å². The Kier molecular flexibility index (Phi) is 3.39. The van der Waals surface area contributed by atoms with Crippen molar-refractivity contribution in [3.63, 3.8) is 0 Å². The summed E-state index contributed by atoms with van der Waals surface area (Å²) in [6.07, 6.45) is 0.668. The molecule has 5 nitrogen and oxygen atoms in total. The fraction of sp³-hybridized carbons (Fsp3) is 0.154. The summed E-state index contributed by atoms with van der Waals surface area (Å²) < 4.78 is 5.57. The SMILES string of the molecule is CCc1nc(N)cc(Oc2ccccc2C#N)n1. The molecule has 0 amide bonds. The van der Waals surface area contributed by atoms with Crippen LogP contribution in [0.5, 0.6) is 11.6 Å². The molecule has 0 unspecified atom stereocenters. The van der Waals surface area contributed by atoms with Gasteiger partial charge in [0, 0.05) is 12.5 Å². The summed E-state index contributed by atoms with van der Waals surface area (Å²) in [6, 6.07) is 10.6. The molecule has 5 heteroatoms. The van der Waals surface area contributed by atoms with E-state index in [-0.39, 0.29) is 0 Å². The molecule has 0 saturated carbocycles. The normalized spacial score (nSPS) is 9.78. The van der Waals surface area contributed by atoms with Crippen LogP contribution in [0.1, 0.15) is 18.3 Å². The van der Waals surface area contributed by atoms with Crippen molar-refractivity contribution in [1.29, 1.82) is 5.26 Å². The number of hydrogen-bond donors (Lipinski definition) is 1. The van der Waals surface area contributed by atoms with Gasteiger partial charge in [0.05, 0.1) is 5.56 Å². The minimum atomic E-state index is 0.349. The number of rotatable bonds is 3. The highest BCUT2D eigenvalue weighted by Gasteiger charge is 2.07. The summed E-state index contributed by atoms with van der Waals surface area (Å²) in [4.78, 5) is 8.26. The van der Waals surface area contributed by atoms with Crippen LogP contribution in [0.25, 0.3) is 0 Å². The number of hydrogen-bond acceptors (Lipinski definition) is 5. The van der Waals surface area contributed by atoms with Gasteiger partial charge < -0.3 is 10.5 Å². The molecule has 2 rings (SSSR count). The number of ether oxygens (including phenoxy) is 1. The number of nitrogens with zero attached hydrogens (tertiary/aromatic N) is 3. The molecule has 0 atom stereocenters. The lowest BCUT2D eigenvalue weighted by Crippen LogP contribution is -2.00. The van der Waals surface area contributed by atoms with E-state index in [1.54, 1.807) is 24.3 Å². The van der Waals surface area contributed by atoms with Crippen LogP contribution in [0, 0.1) is 11.3 Å². The first-order valence-corrected chi connectivity index (χ1v) is 5.53. The zero-order valence-electron chi connectivity index (χ0n) is 9.92. The van der Waals surface area contributed by atoms with Crippen molar-refractivity contribution in [3.05, 3.63) is 41.7 Å². The van der Waals surface area contributed by atoms with Crippen molar-refractivity contribution in [3.8, 4) is 17.7 Å². The van der Waals surface area contributed by atoms with E-state index >= 15 is 0 Å². The predicted molar refractivity (Wildman–Crippen MR) is 67.1 cm³/mol. The lowest BCUT2D eigenvalue weighted by molar-refractivity contribution is 0.458. The molecule has 0 aliphatic rings.